The zero-order chi connectivity index (χ0) is 16.7. The molecule has 0 aliphatic carbocycles. The predicted octanol–water partition coefficient (Wildman–Crippen LogP) is 2.89. The van der Waals surface area contributed by atoms with Crippen molar-refractivity contribution in [1.29, 1.82) is 0 Å². The Balaban J connectivity index is 1.57. The molecule has 0 spiro atoms. The minimum Gasteiger partial charge on any atom is -0.346 e. The fourth-order valence-electron chi connectivity index (χ4n) is 2.69. The number of imidazole rings is 1. The van der Waals surface area contributed by atoms with E-state index in [0.717, 1.165) is 21.9 Å². The maximum atomic E-state index is 12.4. The molecule has 7 heteroatoms. The lowest BCUT2D eigenvalue weighted by Gasteiger charge is -2.06. The molecule has 0 saturated carbocycles. The Hall–Kier alpha value is -2.80. The molecule has 24 heavy (non-hydrogen) atoms. The smallest absolute Gasteiger partial charge is 0.251 e. The molecule has 4 aromatic rings. The summed E-state index contributed by atoms with van der Waals surface area (Å²) in [7, 11) is 0. The van der Waals surface area contributed by atoms with Crippen molar-refractivity contribution < 1.29 is 4.79 Å². The number of aryl methyl sites for hydroxylation is 2. The van der Waals surface area contributed by atoms with Gasteiger partial charge in [0.15, 0.2) is 4.96 Å². The first-order valence-corrected chi connectivity index (χ1v) is 8.36. The minimum absolute atomic E-state index is 0.135. The molecule has 0 fully saturated rings. The summed E-state index contributed by atoms with van der Waals surface area (Å²) in [5.74, 6) is -0.135. The van der Waals surface area contributed by atoms with Crippen LogP contribution < -0.4 is 5.32 Å². The largest absolute Gasteiger partial charge is 0.346 e. The Morgan fingerprint density at radius 2 is 2.00 bits per heavy atom. The van der Waals surface area contributed by atoms with E-state index in [-0.39, 0.29) is 5.91 Å². The van der Waals surface area contributed by atoms with Gasteiger partial charge in [-0.1, -0.05) is 0 Å². The third-order valence-corrected chi connectivity index (χ3v) is 4.79. The van der Waals surface area contributed by atoms with E-state index in [2.05, 4.69) is 20.3 Å². The summed E-state index contributed by atoms with van der Waals surface area (Å²) in [5, 5.41) is 2.96. The Morgan fingerprint density at radius 3 is 2.83 bits per heavy atom. The van der Waals surface area contributed by atoms with Crippen molar-refractivity contribution >= 4 is 33.2 Å². The van der Waals surface area contributed by atoms with E-state index in [9.17, 15) is 4.79 Å². The van der Waals surface area contributed by atoms with Crippen LogP contribution in [0.5, 0.6) is 0 Å². The number of thiazole rings is 1. The number of rotatable bonds is 3. The standard InChI is InChI=1S/C17H15N5OS/c1-10-9-22-15(11(2)21-17(22)24-10)8-20-16(23)12-3-4-13-14(7-12)19-6-5-18-13/h3-7,9H,8H2,1-2H3,(H,20,23). The maximum Gasteiger partial charge on any atom is 0.251 e. The third-order valence-electron chi connectivity index (χ3n) is 3.89. The van der Waals surface area contributed by atoms with Crippen LogP contribution in [-0.2, 0) is 6.54 Å². The highest BCUT2D eigenvalue weighted by atomic mass is 32.1. The van der Waals surface area contributed by atoms with Crippen LogP contribution in [-0.4, -0.2) is 25.3 Å². The first kappa shape index (κ1) is 14.8. The first-order chi connectivity index (χ1) is 11.6. The van der Waals surface area contributed by atoms with Gasteiger partial charge in [0, 0.05) is 29.0 Å². The molecule has 0 radical (unpaired) electrons. The van der Waals surface area contributed by atoms with E-state index in [1.165, 1.54) is 4.88 Å². The highest BCUT2D eigenvalue weighted by Gasteiger charge is 2.13. The summed E-state index contributed by atoms with van der Waals surface area (Å²) >= 11 is 1.64. The molecule has 0 unspecified atom stereocenters. The van der Waals surface area contributed by atoms with Crippen molar-refractivity contribution in [1.82, 2.24) is 24.7 Å². The lowest BCUT2D eigenvalue weighted by Crippen LogP contribution is -2.23. The molecule has 1 aromatic carbocycles. The van der Waals surface area contributed by atoms with Gasteiger partial charge in [0.25, 0.3) is 5.91 Å². The monoisotopic (exact) mass is 337 g/mol. The van der Waals surface area contributed by atoms with E-state index in [0.29, 0.717) is 17.6 Å². The van der Waals surface area contributed by atoms with Gasteiger partial charge in [-0.2, -0.15) is 0 Å². The Labute approximate surface area is 142 Å². The number of carbonyl (C=O) groups is 1. The molecule has 0 bridgehead atoms. The Kier molecular flexibility index (Phi) is 3.50. The molecule has 3 aromatic heterocycles. The fraction of sp³-hybridized carbons (Fsp3) is 0.176. The normalized spacial score (nSPS) is 11.2. The average molecular weight is 337 g/mol. The minimum atomic E-state index is -0.135. The Morgan fingerprint density at radius 1 is 1.21 bits per heavy atom. The summed E-state index contributed by atoms with van der Waals surface area (Å²) in [6.07, 6.45) is 5.31. The fourth-order valence-corrected chi connectivity index (χ4v) is 3.58. The second-order valence-corrected chi connectivity index (χ2v) is 6.79. The number of benzene rings is 1. The highest BCUT2D eigenvalue weighted by molar-refractivity contribution is 7.17. The summed E-state index contributed by atoms with van der Waals surface area (Å²) in [6, 6.07) is 5.33. The summed E-state index contributed by atoms with van der Waals surface area (Å²) < 4.78 is 2.04. The molecule has 1 amide bonds. The molecular weight excluding hydrogens is 322 g/mol. The molecule has 3 heterocycles. The van der Waals surface area contributed by atoms with Crippen molar-refractivity contribution in [3.05, 3.63) is 58.6 Å². The van der Waals surface area contributed by atoms with Crippen molar-refractivity contribution in [3.63, 3.8) is 0 Å². The van der Waals surface area contributed by atoms with Crippen molar-refractivity contribution in [2.45, 2.75) is 20.4 Å². The van der Waals surface area contributed by atoms with Gasteiger partial charge in [0.2, 0.25) is 0 Å². The van der Waals surface area contributed by atoms with E-state index in [4.69, 9.17) is 0 Å². The van der Waals surface area contributed by atoms with Crippen LogP contribution in [0.25, 0.3) is 16.0 Å². The molecule has 120 valence electrons. The van der Waals surface area contributed by atoms with Gasteiger partial charge in [-0.25, -0.2) is 4.98 Å². The molecule has 0 saturated heterocycles. The molecule has 0 aliphatic rings. The van der Waals surface area contributed by atoms with Gasteiger partial charge < -0.3 is 5.32 Å². The van der Waals surface area contributed by atoms with E-state index in [1.54, 1.807) is 35.9 Å². The number of amides is 1. The third kappa shape index (κ3) is 2.52. The van der Waals surface area contributed by atoms with Crippen molar-refractivity contribution in [2.75, 3.05) is 0 Å². The van der Waals surface area contributed by atoms with Gasteiger partial charge in [-0.15, -0.1) is 11.3 Å². The number of hydrogen-bond acceptors (Lipinski definition) is 5. The number of hydrogen-bond donors (Lipinski definition) is 1. The number of fused-ring (bicyclic) bond motifs is 2. The predicted molar refractivity (Wildman–Crippen MR) is 93.3 cm³/mol. The van der Waals surface area contributed by atoms with E-state index >= 15 is 0 Å². The second kappa shape index (κ2) is 5.68. The summed E-state index contributed by atoms with van der Waals surface area (Å²) in [6.45, 7) is 4.44. The lowest BCUT2D eigenvalue weighted by molar-refractivity contribution is 0.0950. The SMILES string of the molecule is Cc1cn2c(CNC(=O)c3ccc4nccnc4c3)c(C)nc2s1. The van der Waals surface area contributed by atoms with Gasteiger partial charge in [-0.3, -0.25) is 19.2 Å². The van der Waals surface area contributed by atoms with E-state index in [1.807, 2.05) is 30.5 Å². The van der Waals surface area contributed by atoms with Crippen LogP contribution in [0, 0.1) is 13.8 Å². The van der Waals surface area contributed by atoms with Crippen LogP contribution in [0.15, 0.2) is 36.8 Å². The highest BCUT2D eigenvalue weighted by Crippen LogP contribution is 2.20. The van der Waals surface area contributed by atoms with Crippen LogP contribution in [0.3, 0.4) is 0 Å². The number of nitrogens with one attached hydrogen (secondary N) is 1. The van der Waals surface area contributed by atoms with Gasteiger partial charge >= 0.3 is 0 Å². The first-order valence-electron chi connectivity index (χ1n) is 7.55. The van der Waals surface area contributed by atoms with Crippen LogP contribution >= 0.6 is 11.3 Å². The van der Waals surface area contributed by atoms with Crippen LogP contribution in [0.2, 0.25) is 0 Å². The van der Waals surface area contributed by atoms with Crippen molar-refractivity contribution in [3.8, 4) is 0 Å². The zero-order valence-corrected chi connectivity index (χ0v) is 14.1. The summed E-state index contributed by atoms with van der Waals surface area (Å²) in [5.41, 5.74) is 4.00. The zero-order valence-electron chi connectivity index (χ0n) is 13.3. The molecule has 1 N–H and O–H groups in total. The lowest BCUT2D eigenvalue weighted by atomic mass is 10.2. The van der Waals surface area contributed by atoms with Gasteiger partial charge in [0.05, 0.1) is 29.0 Å². The molecule has 4 rings (SSSR count). The quantitative estimate of drug-likeness (QED) is 0.624. The van der Waals surface area contributed by atoms with Crippen LogP contribution in [0.1, 0.15) is 26.6 Å². The topological polar surface area (TPSA) is 72.2 Å². The Bertz CT molecular complexity index is 1070. The van der Waals surface area contributed by atoms with Crippen LogP contribution in [0.4, 0.5) is 0 Å². The van der Waals surface area contributed by atoms with Gasteiger partial charge in [0.1, 0.15) is 0 Å². The molecule has 6 nitrogen and oxygen atoms in total. The molecule has 0 atom stereocenters. The number of aromatic nitrogens is 4. The second-order valence-electron chi connectivity index (χ2n) is 5.58. The van der Waals surface area contributed by atoms with E-state index < -0.39 is 0 Å². The maximum absolute atomic E-state index is 12.4. The number of carbonyl (C=O) groups excluding carboxylic acids is 1. The number of nitrogens with zero attached hydrogens (tertiary/aromatic N) is 4. The average Bonchev–Trinajstić information content (AvgIpc) is 3.07. The van der Waals surface area contributed by atoms with Gasteiger partial charge in [-0.05, 0) is 32.0 Å². The van der Waals surface area contributed by atoms with Crippen molar-refractivity contribution in [2.24, 2.45) is 0 Å². The molecule has 0 aliphatic heterocycles. The molecular formula is C17H15N5OS. The summed E-state index contributed by atoms with van der Waals surface area (Å²) in [4.78, 5) is 27.6.